The van der Waals surface area contributed by atoms with E-state index in [0.717, 1.165) is 12.8 Å². The van der Waals surface area contributed by atoms with Gasteiger partial charge in [-0.25, -0.2) is 4.79 Å². The van der Waals surface area contributed by atoms with Crippen LogP contribution in [0.3, 0.4) is 0 Å². The molecule has 0 amide bonds. The minimum Gasteiger partial charge on any atom is -0.465 e. The van der Waals surface area contributed by atoms with Gasteiger partial charge in [-0.3, -0.25) is 4.79 Å². The molecule has 0 unspecified atom stereocenters. The van der Waals surface area contributed by atoms with Crippen molar-refractivity contribution in [2.24, 2.45) is 0 Å². The van der Waals surface area contributed by atoms with Gasteiger partial charge in [0.15, 0.2) is 0 Å². The molecule has 0 aliphatic rings. The van der Waals surface area contributed by atoms with E-state index in [9.17, 15) is 9.59 Å². The van der Waals surface area contributed by atoms with E-state index in [2.05, 4.69) is 6.92 Å². The normalized spacial score (nSPS) is 10.7. The average Bonchev–Trinajstić information content (AvgIpc) is 2.76. The van der Waals surface area contributed by atoms with Gasteiger partial charge in [0, 0.05) is 6.42 Å². The number of carbonyl (C=O) groups is 2. The van der Waals surface area contributed by atoms with Crippen LogP contribution in [0, 0.1) is 0 Å². The molecular weight excluding hydrogens is 376 g/mol. The summed E-state index contributed by atoms with van der Waals surface area (Å²) in [6.07, 6.45) is 19.8. The van der Waals surface area contributed by atoms with Crippen molar-refractivity contribution >= 4 is 11.9 Å². The molecule has 0 aliphatic carbocycles. The zero-order valence-corrected chi connectivity index (χ0v) is 19.3. The summed E-state index contributed by atoms with van der Waals surface area (Å²) in [5.41, 5.74) is 0.282. The van der Waals surface area contributed by atoms with Crippen LogP contribution in [-0.4, -0.2) is 19.0 Å². The Morgan fingerprint density at radius 2 is 1.17 bits per heavy atom. The van der Waals surface area contributed by atoms with Crippen molar-refractivity contribution in [3.05, 3.63) is 29.8 Å². The van der Waals surface area contributed by atoms with Gasteiger partial charge in [-0.15, -0.1) is 0 Å². The lowest BCUT2D eigenvalue weighted by atomic mass is 10.0. The highest BCUT2D eigenvalue weighted by molar-refractivity contribution is 5.93. The summed E-state index contributed by atoms with van der Waals surface area (Å²) in [5, 5.41) is 0. The van der Waals surface area contributed by atoms with Crippen molar-refractivity contribution in [3.63, 3.8) is 0 Å². The van der Waals surface area contributed by atoms with Crippen molar-refractivity contribution in [2.45, 2.75) is 110 Å². The molecule has 1 aromatic rings. The Hall–Kier alpha value is -1.84. The topological polar surface area (TPSA) is 52.6 Å². The number of carbonyl (C=O) groups excluding carboxylic acids is 2. The molecule has 0 atom stereocenters. The van der Waals surface area contributed by atoms with E-state index in [1.54, 1.807) is 24.3 Å². The van der Waals surface area contributed by atoms with Crippen molar-refractivity contribution in [2.75, 3.05) is 7.11 Å². The average molecular weight is 419 g/mol. The summed E-state index contributed by atoms with van der Waals surface area (Å²) in [6, 6.07) is 6.68. The van der Waals surface area contributed by atoms with Crippen LogP contribution in [0.15, 0.2) is 24.3 Å². The molecule has 0 spiro atoms. The van der Waals surface area contributed by atoms with Gasteiger partial charge in [0.05, 0.1) is 7.11 Å². The van der Waals surface area contributed by atoms with Gasteiger partial charge in [0.2, 0.25) is 0 Å². The monoisotopic (exact) mass is 418 g/mol. The number of esters is 2. The molecule has 1 aromatic carbocycles. The molecular formula is C26H42O4. The Labute approximate surface area is 183 Å². The number of unbranched alkanes of at least 4 members (excludes halogenated alkanes) is 14. The fraction of sp³-hybridized carbons (Fsp3) is 0.692. The first-order chi connectivity index (χ1) is 14.7. The molecule has 4 nitrogen and oxygen atoms in total. The second kappa shape index (κ2) is 18.0. The molecule has 0 saturated heterocycles. The van der Waals surface area contributed by atoms with Gasteiger partial charge >= 0.3 is 11.9 Å². The smallest absolute Gasteiger partial charge is 0.341 e. The maximum Gasteiger partial charge on any atom is 0.341 e. The molecule has 0 bridgehead atoms. The highest BCUT2D eigenvalue weighted by Crippen LogP contribution is 2.20. The van der Waals surface area contributed by atoms with E-state index in [-0.39, 0.29) is 17.3 Å². The van der Waals surface area contributed by atoms with Crippen LogP contribution in [0.2, 0.25) is 0 Å². The summed E-state index contributed by atoms with van der Waals surface area (Å²) in [7, 11) is 1.32. The maximum atomic E-state index is 12.0. The SMILES string of the molecule is CCCCCCCCCCCCCCCCCC(=O)Oc1ccccc1C(=O)OC. The van der Waals surface area contributed by atoms with Gasteiger partial charge in [-0.2, -0.15) is 0 Å². The molecule has 0 fully saturated rings. The number of benzene rings is 1. The predicted molar refractivity (Wildman–Crippen MR) is 123 cm³/mol. The van der Waals surface area contributed by atoms with Crippen LogP contribution in [-0.2, 0) is 9.53 Å². The Kier molecular flexibility index (Phi) is 15.7. The highest BCUT2D eigenvalue weighted by atomic mass is 16.5. The van der Waals surface area contributed by atoms with Crippen molar-refractivity contribution in [1.82, 2.24) is 0 Å². The highest BCUT2D eigenvalue weighted by Gasteiger charge is 2.14. The molecule has 170 valence electrons. The van der Waals surface area contributed by atoms with E-state index >= 15 is 0 Å². The molecule has 0 aromatic heterocycles. The summed E-state index contributed by atoms with van der Waals surface area (Å²) < 4.78 is 10.1. The molecule has 0 N–H and O–H groups in total. The lowest BCUT2D eigenvalue weighted by molar-refractivity contribution is -0.134. The third-order valence-electron chi connectivity index (χ3n) is 5.50. The lowest BCUT2D eigenvalue weighted by Gasteiger charge is -2.08. The molecule has 0 heterocycles. The third-order valence-corrected chi connectivity index (χ3v) is 5.50. The molecule has 4 heteroatoms. The lowest BCUT2D eigenvalue weighted by Crippen LogP contribution is -2.11. The van der Waals surface area contributed by atoms with E-state index in [4.69, 9.17) is 9.47 Å². The van der Waals surface area contributed by atoms with Crippen LogP contribution >= 0.6 is 0 Å². The predicted octanol–water partition coefficient (Wildman–Crippen LogP) is 7.64. The summed E-state index contributed by atoms with van der Waals surface area (Å²) >= 11 is 0. The molecule has 0 radical (unpaired) electrons. The summed E-state index contributed by atoms with van der Waals surface area (Å²) in [5.74, 6) is -0.512. The number of ether oxygens (including phenoxy) is 2. The zero-order valence-electron chi connectivity index (χ0n) is 19.3. The standard InChI is InChI=1S/C26H42O4/c1-3-4-5-6-7-8-9-10-11-12-13-14-15-16-17-22-25(27)30-24-21-19-18-20-23(24)26(28)29-2/h18-21H,3-17,22H2,1-2H3. The number of rotatable bonds is 18. The van der Waals surface area contributed by atoms with Crippen molar-refractivity contribution < 1.29 is 19.1 Å². The zero-order chi connectivity index (χ0) is 21.9. The maximum absolute atomic E-state index is 12.0. The van der Waals surface area contributed by atoms with Crippen LogP contribution < -0.4 is 4.74 Å². The minimum atomic E-state index is -0.495. The summed E-state index contributed by atoms with van der Waals surface area (Å²) in [6.45, 7) is 2.27. The van der Waals surface area contributed by atoms with E-state index in [1.807, 2.05) is 0 Å². The Bertz CT molecular complexity index is 582. The first-order valence-corrected chi connectivity index (χ1v) is 12.1. The quantitative estimate of drug-likeness (QED) is 0.140. The summed E-state index contributed by atoms with van der Waals surface area (Å²) in [4.78, 5) is 23.7. The van der Waals surface area contributed by atoms with Crippen LogP contribution in [0.1, 0.15) is 120 Å². The van der Waals surface area contributed by atoms with Crippen LogP contribution in [0.4, 0.5) is 0 Å². The molecule has 30 heavy (non-hydrogen) atoms. The van der Waals surface area contributed by atoms with Gasteiger partial charge in [0.1, 0.15) is 11.3 Å². The first kappa shape index (κ1) is 26.2. The molecule has 1 rings (SSSR count). The number of para-hydroxylation sites is 1. The van der Waals surface area contributed by atoms with Crippen LogP contribution in [0.25, 0.3) is 0 Å². The number of hydrogen-bond donors (Lipinski definition) is 0. The van der Waals surface area contributed by atoms with Gasteiger partial charge in [0.25, 0.3) is 0 Å². The Balaban J connectivity index is 1.96. The number of hydrogen-bond acceptors (Lipinski definition) is 4. The van der Waals surface area contributed by atoms with E-state index < -0.39 is 5.97 Å². The van der Waals surface area contributed by atoms with Crippen molar-refractivity contribution in [1.29, 1.82) is 0 Å². The fourth-order valence-electron chi connectivity index (χ4n) is 3.65. The van der Waals surface area contributed by atoms with Gasteiger partial charge < -0.3 is 9.47 Å². The number of methoxy groups -OCH3 is 1. The Morgan fingerprint density at radius 1 is 0.700 bits per heavy atom. The third kappa shape index (κ3) is 12.7. The van der Waals surface area contributed by atoms with E-state index in [1.165, 1.54) is 90.6 Å². The first-order valence-electron chi connectivity index (χ1n) is 12.1. The van der Waals surface area contributed by atoms with Gasteiger partial charge in [-0.1, -0.05) is 109 Å². The molecule has 0 saturated carbocycles. The van der Waals surface area contributed by atoms with Crippen LogP contribution in [0.5, 0.6) is 5.75 Å². The van der Waals surface area contributed by atoms with Crippen molar-refractivity contribution in [3.8, 4) is 5.75 Å². The van der Waals surface area contributed by atoms with E-state index in [0.29, 0.717) is 6.42 Å². The largest absolute Gasteiger partial charge is 0.465 e. The molecule has 0 aliphatic heterocycles. The van der Waals surface area contributed by atoms with Gasteiger partial charge in [-0.05, 0) is 18.6 Å². The second-order valence-electron chi connectivity index (χ2n) is 8.16. The fourth-order valence-corrected chi connectivity index (χ4v) is 3.65. The Morgan fingerprint density at radius 3 is 1.67 bits per heavy atom. The second-order valence-corrected chi connectivity index (χ2v) is 8.16. The minimum absolute atomic E-state index is 0.273.